The summed E-state index contributed by atoms with van der Waals surface area (Å²) in [5, 5.41) is 10.4. The van der Waals surface area contributed by atoms with E-state index < -0.39 is 6.10 Å². The monoisotopic (exact) mass is 237 g/mol. The summed E-state index contributed by atoms with van der Waals surface area (Å²) in [7, 11) is 0. The van der Waals surface area contributed by atoms with Crippen molar-refractivity contribution in [1.29, 1.82) is 0 Å². The van der Waals surface area contributed by atoms with E-state index in [1.165, 1.54) is 5.06 Å². The smallest absolute Gasteiger partial charge is 0.249 e. The van der Waals surface area contributed by atoms with Crippen molar-refractivity contribution < 1.29 is 19.5 Å². The second-order valence-corrected chi connectivity index (χ2v) is 3.82. The number of rotatable bonds is 4. The quantitative estimate of drug-likeness (QED) is 0.832. The average molecular weight is 237 g/mol. The molecule has 0 aromatic heterocycles. The van der Waals surface area contributed by atoms with Crippen LogP contribution in [0, 0.1) is 0 Å². The number of ether oxygens (including phenoxy) is 1. The van der Waals surface area contributed by atoms with Crippen molar-refractivity contribution in [3.63, 3.8) is 0 Å². The molecular weight excluding hydrogens is 222 g/mol. The predicted octanol–water partition coefficient (Wildman–Crippen LogP) is 0.590. The first-order valence-electron chi connectivity index (χ1n) is 5.55. The van der Waals surface area contributed by atoms with Gasteiger partial charge in [0.1, 0.15) is 12.4 Å². The van der Waals surface area contributed by atoms with Gasteiger partial charge in [0.15, 0.2) is 0 Å². The molecule has 1 amide bonds. The minimum atomic E-state index is -0.575. The highest BCUT2D eigenvalue weighted by molar-refractivity contribution is 5.75. The summed E-state index contributed by atoms with van der Waals surface area (Å²) in [5.41, 5.74) is 0. The number of β-amino-alcohol motifs (C(OH)–C–C–N with tert-alkyl or cyclic N) is 1. The number of hydroxylamine groups is 2. The SMILES string of the molecule is O=C(CCOc1ccccc1)N1C[C@@H](O)CO1. The minimum Gasteiger partial charge on any atom is -0.493 e. The molecule has 0 spiro atoms. The zero-order valence-electron chi connectivity index (χ0n) is 9.41. The van der Waals surface area contributed by atoms with Gasteiger partial charge in [-0.15, -0.1) is 0 Å². The molecule has 1 heterocycles. The van der Waals surface area contributed by atoms with Gasteiger partial charge < -0.3 is 9.84 Å². The van der Waals surface area contributed by atoms with Crippen LogP contribution in [0.3, 0.4) is 0 Å². The van der Waals surface area contributed by atoms with Crippen molar-refractivity contribution in [2.24, 2.45) is 0 Å². The maximum absolute atomic E-state index is 11.6. The van der Waals surface area contributed by atoms with Gasteiger partial charge in [-0.1, -0.05) is 18.2 Å². The summed E-state index contributed by atoms with van der Waals surface area (Å²) >= 11 is 0. The molecule has 1 aliphatic rings. The van der Waals surface area contributed by atoms with E-state index in [4.69, 9.17) is 9.57 Å². The van der Waals surface area contributed by atoms with E-state index in [1.54, 1.807) is 0 Å². The zero-order chi connectivity index (χ0) is 12.1. The zero-order valence-corrected chi connectivity index (χ0v) is 9.41. The highest BCUT2D eigenvalue weighted by Crippen LogP contribution is 2.10. The molecule has 0 unspecified atom stereocenters. The standard InChI is InChI=1S/C12H15NO4/c14-10-8-13(17-9-10)12(15)6-7-16-11-4-2-1-3-5-11/h1-5,10,14H,6-9H2/t10-/m1/s1. The van der Waals surface area contributed by atoms with Crippen molar-refractivity contribution in [2.45, 2.75) is 12.5 Å². The van der Waals surface area contributed by atoms with Crippen LogP contribution in [-0.2, 0) is 9.63 Å². The summed E-state index contributed by atoms with van der Waals surface area (Å²) in [5.74, 6) is 0.570. The number of aliphatic hydroxyl groups excluding tert-OH is 1. The Morgan fingerprint density at radius 3 is 2.88 bits per heavy atom. The second kappa shape index (κ2) is 5.65. The summed E-state index contributed by atoms with van der Waals surface area (Å²) in [6.45, 7) is 0.730. The van der Waals surface area contributed by atoms with E-state index in [9.17, 15) is 9.90 Å². The molecule has 5 heteroatoms. The first-order chi connectivity index (χ1) is 8.25. The first-order valence-corrected chi connectivity index (χ1v) is 5.55. The summed E-state index contributed by atoms with van der Waals surface area (Å²) in [6, 6.07) is 9.31. The van der Waals surface area contributed by atoms with Gasteiger partial charge in [0.25, 0.3) is 0 Å². The third-order valence-electron chi connectivity index (χ3n) is 2.41. The Hall–Kier alpha value is -1.59. The maximum Gasteiger partial charge on any atom is 0.249 e. The molecule has 92 valence electrons. The number of carbonyl (C=O) groups excluding carboxylic acids is 1. The average Bonchev–Trinajstić information content (AvgIpc) is 2.77. The van der Waals surface area contributed by atoms with Gasteiger partial charge in [-0.25, -0.2) is 5.06 Å². The van der Waals surface area contributed by atoms with Crippen LogP contribution < -0.4 is 4.74 Å². The fourth-order valence-corrected chi connectivity index (χ4v) is 1.54. The molecule has 1 aromatic carbocycles. The van der Waals surface area contributed by atoms with Gasteiger partial charge in [-0.05, 0) is 12.1 Å². The lowest BCUT2D eigenvalue weighted by Gasteiger charge is -2.13. The van der Waals surface area contributed by atoms with Crippen LogP contribution in [0.15, 0.2) is 30.3 Å². The summed E-state index contributed by atoms with van der Waals surface area (Å²) in [4.78, 5) is 16.6. The van der Waals surface area contributed by atoms with Gasteiger partial charge in [-0.2, -0.15) is 0 Å². The summed E-state index contributed by atoms with van der Waals surface area (Å²) < 4.78 is 5.40. The van der Waals surface area contributed by atoms with E-state index in [1.807, 2.05) is 30.3 Å². The van der Waals surface area contributed by atoms with E-state index in [-0.39, 0.29) is 25.5 Å². The fourth-order valence-electron chi connectivity index (χ4n) is 1.54. The molecule has 0 aliphatic carbocycles. The van der Waals surface area contributed by atoms with Crippen LogP contribution in [-0.4, -0.2) is 41.9 Å². The number of nitrogens with zero attached hydrogens (tertiary/aromatic N) is 1. The van der Waals surface area contributed by atoms with Crippen LogP contribution >= 0.6 is 0 Å². The molecule has 0 radical (unpaired) electrons. The highest BCUT2D eigenvalue weighted by Gasteiger charge is 2.25. The van der Waals surface area contributed by atoms with Crippen molar-refractivity contribution in [3.8, 4) is 5.75 Å². The molecule has 17 heavy (non-hydrogen) atoms. The fraction of sp³-hybridized carbons (Fsp3) is 0.417. The van der Waals surface area contributed by atoms with Crippen molar-refractivity contribution in [2.75, 3.05) is 19.8 Å². The molecule has 1 N–H and O–H groups in total. The largest absolute Gasteiger partial charge is 0.493 e. The molecule has 1 aliphatic heterocycles. The lowest BCUT2D eigenvalue weighted by Crippen LogP contribution is -2.29. The Bertz CT molecular complexity index is 368. The van der Waals surface area contributed by atoms with Crippen molar-refractivity contribution in [1.82, 2.24) is 5.06 Å². The lowest BCUT2D eigenvalue weighted by molar-refractivity contribution is -0.169. The number of amides is 1. The number of benzene rings is 1. The molecule has 0 saturated carbocycles. The van der Waals surface area contributed by atoms with E-state index >= 15 is 0 Å². The molecule has 5 nitrogen and oxygen atoms in total. The van der Waals surface area contributed by atoms with Gasteiger partial charge >= 0.3 is 0 Å². The molecule has 2 rings (SSSR count). The number of hydrogen-bond donors (Lipinski definition) is 1. The highest BCUT2D eigenvalue weighted by atomic mass is 16.7. The molecule has 0 bridgehead atoms. The van der Waals surface area contributed by atoms with Gasteiger partial charge in [0.2, 0.25) is 5.91 Å². The normalized spacial score (nSPS) is 19.4. The Labute approximate surface area is 99.5 Å². The number of aliphatic hydroxyl groups is 1. The van der Waals surface area contributed by atoms with Crippen LogP contribution in [0.25, 0.3) is 0 Å². The number of para-hydroxylation sites is 1. The van der Waals surface area contributed by atoms with Crippen LogP contribution in [0.1, 0.15) is 6.42 Å². The van der Waals surface area contributed by atoms with Crippen molar-refractivity contribution >= 4 is 5.91 Å². The lowest BCUT2D eigenvalue weighted by atomic mass is 10.3. The van der Waals surface area contributed by atoms with Crippen LogP contribution in [0.4, 0.5) is 0 Å². The van der Waals surface area contributed by atoms with E-state index in [0.29, 0.717) is 6.61 Å². The number of carbonyl (C=O) groups is 1. The topological polar surface area (TPSA) is 59.0 Å². The van der Waals surface area contributed by atoms with E-state index in [2.05, 4.69) is 0 Å². The minimum absolute atomic E-state index is 0.169. The van der Waals surface area contributed by atoms with Crippen LogP contribution in [0.5, 0.6) is 5.75 Å². The number of hydrogen-bond acceptors (Lipinski definition) is 4. The van der Waals surface area contributed by atoms with Gasteiger partial charge in [0, 0.05) is 0 Å². The summed E-state index contributed by atoms with van der Waals surface area (Å²) in [6.07, 6.45) is -0.337. The Kier molecular flexibility index (Phi) is 3.95. The molecule has 1 atom stereocenters. The molecule has 1 saturated heterocycles. The third-order valence-corrected chi connectivity index (χ3v) is 2.41. The third kappa shape index (κ3) is 3.44. The molecule has 1 aromatic rings. The second-order valence-electron chi connectivity index (χ2n) is 3.82. The maximum atomic E-state index is 11.6. The predicted molar refractivity (Wildman–Crippen MR) is 60.2 cm³/mol. The van der Waals surface area contributed by atoms with Gasteiger partial charge in [-0.3, -0.25) is 9.63 Å². The van der Waals surface area contributed by atoms with Gasteiger partial charge in [0.05, 0.1) is 25.7 Å². The Morgan fingerprint density at radius 2 is 2.24 bits per heavy atom. The molecule has 1 fully saturated rings. The Balaban J connectivity index is 1.70. The van der Waals surface area contributed by atoms with Crippen LogP contribution in [0.2, 0.25) is 0 Å². The van der Waals surface area contributed by atoms with E-state index in [0.717, 1.165) is 5.75 Å². The molecular formula is C12H15NO4. The van der Waals surface area contributed by atoms with Crippen molar-refractivity contribution in [3.05, 3.63) is 30.3 Å². The Morgan fingerprint density at radius 1 is 1.47 bits per heavy atom. The first kappa shape index (κ1) is 11.9.